The third-order valence-corrected chi connectivity index (χ3v) is 2.90. The fourth-order valence-corrected chi connectivity index (χ4v) is 2.38. The van der Waals surface area contributed by atoms with Gasteiger partial charge in [0.25, 0.3) is 0 Å². The average molecular weight is 169 g/mol. The first-order valence-electron chi connectivity index (χ1n) is 4.66. The number of carbonyl (C=O) groups is 1. The first kappa shape index (κ1) is 8.05. The molecule has 2 fully saturated rings. The number of hydrogen-bond donors (Lipinski definition) is 1. The van der Waals surface area contributed by atoms with Crippen molar-refractivity contribution in [2.45, 2.75) is 38.3 Å². The Morgan fingerprint density at radius 1 is 1.50 bits per heavy atom. The zero-order valence-electron chi connectivity index (χ0n) is 7.38. The van der Waals surface area contributed by atoms with Crippen LogP contribution >= 0.6 is 0 Å². The smallest absolute Gasteiger partial charge is 0.217 e. The molecule has 1 heterocycles. The van der Waals surface area contributed by atoms with Crippen molar-refractivity contribution in [1.82, 2.24) is 5.32 Å². The van der Waals surface area contributed by atoms with Crippen molar-refractivity contribution in [1.29, 1.82) is 0 Å². The maximum atomic E-state index is 10.8. The van der Waals surface area contributed by atoms with E-state index in [0.29, 0.717) is 12.0 Å². The Morgan fingerprint density at radius 2 is 2.33 bits per heavy atom. The maximum Gasteiger partial charge on any atom is 0.217 e. The van der Waals surface area contributed by atoms with E-state index in [1.54, 1.807) is 6.92 Å². The largest absolute Gasteiger partial charge is 0.376 e. The van der Waals surface area contributed by atoms with Crippen molar-refractivity contribution in [3.05, 3.63) is 0 Å². The monoisotopic (exact) mass is 169 g/mol. The third-order valence-electron chi connectivity index (χ3n) is 2.90. The second-order valence-electron chi connectivity index (χ2n) is 3.77. The normalized spacial score (nSPS) is 39.6. The molecule has 0 aromatic rings. The van der Waals surface area contributed by atoms with Crippen molar-refractivity contribution in [2.24, 2.45) is 5.92 Å². The first-order valence-corrected chi connectivity index (χ1v) is 4.66. The molecule has 2 rings (SSSR count). The van der Waals surface area contributed by atoms with E-state index >= 15 is 0 Å². The lowest BCUT2D eigenvalue weighted by molar-refractivity contribution is -0.119. The number of ether oxygens (including phenoxy) is 1. The molecule has 2 aliphatic rings. The van der Waals surface area contributed by atoms with Crippen molar-refractivity contribution in [3.8, 4) is 0 Å². The molecule has 0 aromatic heterocycles. The van der Waals surface area contributed by atoms with Gasteiger partial charge in [-0.3, -0.25) is 4.79 Å². The fraction of sp³-hybridized carbons (Fsp3) is 0.889. The highest BCUT2D eigenvalue weighted by molar-refractivity contribution is 5.73. The minimum Gasteiger partial charge on any atom is -0.376 e. The molecule has 68 valence electrons. The lowest BCUT2D eigenvalue weighted by Crippen LogP contribution is -2.38. The zero-order chi connectivity index (χ0) is 8.55. The van der Waals surface area contributed by atoms with Crippen LogP contribution in [0, 0.1) is 5.92 Å². The Kier molecular flexibility index (Phi) is 2.05. The molecule has 1 amide bonds. The fourth-order valence-electron chi connectivity index (χ4n) is 2.38. The summed E-state index contributed by atoms with van der Waals surface area (Å²) in [7, 11) is 0. The molecule has 12 heavy (non-hydrogen) atoms. The summed E-state index contributed by atoms with van der Waals surface area (Å²) in [5, 5.41) is 2.95. The number of carbonyl (C=O) groups excluding carboxylic acids is 1. The van der Waals surface area contributed by atoms with Gasteiger partial charge in [-0.1, -0.05) is 6.42 Å². The lowest BCUT2D eigenvalue weighted by Gasteiger charge is -2.16. The van der Waals surface area contributed by atoms with E-state index in [9.17, 15) is 4.79 Å². The Bertz CT molecular complexity index is 193. The zero-order valence-corrected chi connectivity index (χ0v) is 7.38. The predicted octanol–water partition coefficient (Wildman–Crippen LogP) is 0.690. The van der Waals surface area contributed by atoms with Crippen molar-refractivity contribution in [3.63, 3.8) is 0 Å². The van der Waals surface area contributed by atoms with Crippen LogP contribution in [0.25, 0.3) is 0 Å². The molecule has 1 saturated heterocycles. The molecule has 0 spiro atoms. The summed E-state index contributed by atoms with van der Waals surface area (Å²) in [4.78, 5) is 10.8. The molecule has 0 aromatic carbocycles. The number of hydrogen-bond acceptors (Lipinski definition) is 2. The quantitative estimate of drug-likeness (QED) is 0.627. The van der Waals surface area contributed by atoms with Gasteiger partial charge in [0.15, 0.2) is 0 Å². The summed E-state index contributed by atoms with van der Waals surface area (Å²) < 4.78 is 5.58. The summed E-state index contributed by atoms with van der Waals surface area (Å²) in [6, 6.07) is 0.287. The van der Waals surface area contributed by atoms with Gasteiger partial charge in [-0.2, -0.15) is 0 Å². The Morgan fingerprint density at radius 3 is 3.08 bits per heavy atom. The van der Waals surface area contributed by atoms with Gasteiger partial charge in [0, 0.05) is 12.8 Å². The van der Waals surface area contributed by atoms with Crippen molar-refractivity contribution in [2.75, 3.05) is 6.61 Å². The van der Waals surface area contributed by atoms with Crippen LogP contribution in [0.1, 0.15) is 26.2 Å². The van der Waals surface area contributed by atoms with Crippen LogP contribution in [0.2, 0.25) is 0 Å². The van der Waals surface area contributed by atoms with Crippen molar-refractivity contribution >= 4 is 5.91 Å². The summed E-state index contributed by atoms with van der Waals surface area (Å²) in [6.45, 7) is 2.29. The molecule has 1 saturated carbocycles. The van der Waals surface area contributed by atoms with Crippen LogP contribution in [-0.2, 0) is 9.53 Å². The molecule has 1 N–H and O–H groups in total. The summed E-state index contributed by atoms with van der Waals surface area (Å²) in [5.74, 6) is 0.657. The van der Waals surface area contributed by atoms with Crippen LogP contribution < -0.4 is 5.32 Å². The highest BCUT2D eigenvalue weighted by Crippen LogP contribution is 2.35. The van der Waals surface area contributed by atoms with Crippen LogP contribution in [-0.4, -0.2) is 24.7 Å². The second-order valence-corrected chi connectivity index (χ2v) is 3.77. The van der Waals surface area contributed by atoms with Gasteiger partial charge in [0.1, 0.15) is 0 Å². The van der Waals surface area contributed by atoms with E-state index in [1.165, 1.54) is 19.3 Å². The average Bonchev–Trinajstić information content (AvgIpc) is 2.52. The molecule has 1 aliphatic carbocycles. The minimum atomic E-state index is 0.0659. The van der Waals surface area contributed by atoms with Gasteiger partial charge in [-0.25, -0.2) is 0 Å². The number of fused-ring (bicyclic) bond motifs is 1. The molecule has 3 atom stereocenters. The van der Waals surface area contributed by atoms with Gasteiger partial charge in [0.05, 0.1) is 18.8 Å². The third kappa shape index (κ3) is 1.33. The van der Waals surface area contributed by atoms with E-state index in [2.05, 4.69) is 5.32 Å². The summed E-state index contributed by atoms with van der Waals surface area (Å²) in [6.07, 6.45) is 4.09. The molecule has 1 aliphatic heterocycles. The van der Waals surface area contributed by atoms with Gasteiger partial charge >= 0.3 is 0 Å². The molecular formula is C9H15NO2. The SMILES string of the molecule is CC(=O)N[C@H]1CO[C@@H]2CCC[C@H]12. The van der Waals surface area contributed by atoms with E-state index < -0.39 is 0 Å². The number of amides is 1. The topological polar surface area (TPSA) is 38.3 Å². The van der Waals surface area contributed by atoms with Gasteiger partial charge in [-0.05, 0) is 12.8 Å². The Balaban J connectivity index is 1.95. The number of nitrogens with one attached hydrogen (secondary N) is 1. The maximum absolute atomic E-state index is 10.8. The lowest BCUT2D eigenvalue weighted by atomic mass is 10.00. The van der Waals surface area contributed by atoms with Crippen molar-refractivity contribution < 1.29 is 9.53 Å². The Labute approximate surface area is 72.5 Å². The first-order chi connectivity index (χ1) is 5.77. The van der Waals surface area contributed by atoms with Crippen LogP contribution in [0.15, 0.2) is 0 Å². The van der Waals surface area contributed by atoms with Gasteiger partial charge in [-0.15, -0.1) is 0 Å². The molecule has 0 radical (unpaired) electrons. The standard InChI is InChI=1S/C9H15NO2/c1-6(11)10-8-5-12-9-4-2-3-7(8)9/h7-9H,2-5H2,1H3,(H,10,11)/t7-,8+,9-/m1/s1. The van der Waals surface area contributed by atoms with Gasteiger partial charge in [0.2, 0.25) is 5.91 Å². The summed E-state index contributed by atoms with van der Waals surface area (Å²) >= 11 is 0. The Hall–Kier alpha value is -0.570. The molecular weight excluding hydrogens is 154 g/mol. The van der Waals surface area contributed by atoms with Crippen LogP contribution in [0.3, 0.4) is 0 Å². The van der Waals surface area contributed by atoms with Gasteiger partial charge < -0.3 is 10.1 Å². The molecule has 0 bridgehead atoms. The highest BCUT2D eigenvalue weighted by atomic mass is 16.5. The molecule has 0 unspecified atom stereocenters. The van der Waals surface area contributed by atoms with E-state index in [0.717, 1.165) is 6.61 Å². The van der Waals surface area contributed by atoms with Crippen LogP contribution in [0.5, 0.6) is 0 Å². The summed E-state index contributed by atoms with van der Waals surface area (Å²) in [5.41, 5.74) is 0. The highest BCUT2D eigenvalue weighted by Gasteiger charge is 2.40. The van der Waals surface area contributed by atoms with E-state index in [1.807, 2.05) is 0 Å². The predicted molar refractivity (Wildman–Crippen MR) is 44.7 cm³/mol. The van der Waals surface area contributed by atoms with Crippen LogP contribution in [0.4, 0.5) is 0 Å². The number of rotatable bonds is 1. The molecule has 3 heteroatoms. The molecule has 3 nitrogen and oxygen atoms in total. The van der Waals surface area contributed by atoms with E-state index in [4.69, 9.17) is 4.74 Å². The van der Waals surface area contributed by atoms with E-state index in [-0.39, 0.29) is 11.9 Å². The second kappa shape index (κ2) is 3.05. The minimum absolute atomic E-state index is 0.0659.